The summed E-state index contributed by atoms with van der Waals surface area (Å²) < 4.78 is 27.3. The van der Waals surface area contributed by atoms with Gasteiger partial charge in [0, 0.05) is 23.7 Å². The molecule has 0 heterocycles. The summed E-state index contributed by atoms with van der Waals surface area (Å²) in [4.78, 5) is 87.9. The zero-order chi connectivity index (χ0) is 50.8. The lowest BCUT2D eigenvalue weighted by Crippen LogP contribution is -2.51. The van der Waals surface area contributed by atoms with Crippen LogP contribution in [0.5, 0.6) is 0 Å². The van der Waals surface area contributed by atoms with Gasteiger partial charge in [0.2, 0.25) is 6.79 Å². The predicted molar refractivity (Wildman–Crippen MR) is 270 cm³/mol. The Balaban J connectivity index is 0.000000120. The van der Waals surface area contributed by atoms with Crippen LogP contribution in [0.1, 0.15) is 90.4 Å². The molecule has 0 amide bonds. The van der Waals surface area contributed by atoms with Crippen molar-refractivity contribution in [1.82, 2.24) is 0 Å². The largest absolute Gasteiger partial charge is 0.465 e. The SMILES string of the molecule is CCC1C=CCC2C(=O)C3C4C=CC(C4)C3C(=O)C12.O=C(OCC(COC(=O)C1CC2C=CC1C2)COC(=O)C1CC2C=CC1C2)C1CC2C=CC1C2.O=C(OCOC(=O)C1CC2C=CC1C2)C1CC2C=CC1C2. The number of rotatable bonds is 14. The molecule has 0 radical (unpaired) electrons. The minimum Gasteiger partial charge on any atom is -0.465 e. The quantitative estimate of drug-likeness (QED) is 0.0703. The molecule has 74 heavy (non-hydrogen) atoms. The zero-order valence-electron chi connectivity index (χ0n) is 42.8. The van der Waals surface area contributed by atoms with Crippen LogP contribution >= 0.6 is 0 Å². The van der Waals surface area contributed by atoms with Crippen LogP contribution in [0.2, 0.25) is 0 Å². The van der Waals surface area contributed by atoms with Crippen LogP contribution in [0, 0.1) is 136 Å². The standard InChI is InChI=1S/C28H34O6.C17H20O4.C17H20O2/c29-26(23-10-16-1-4-20(23)7-16)32-13-19(14-33-27(30)24-11-17-2-5-21(24)8-17)15-34-28(31)25-12-18-3-6-22(25)9-18;18-16(14-7-10-1-3-12(14)5-10)20-9-21-17(19)15-8-11-2-4-13(15)6-11;1-2-9-4-3-5-12-13(9)17(19)15-11-7-6-10(8-11)14(15)16(12)18/h1-6,16-25H,7-15H2;1-4,10-15H,5-9H2;3-4,6-7,9-15H,2,5,8H2,1H3. The van der Waals surface area contributed by atoms with Crippen LogP contribution < -0.4 is 0 Å². The highest BCUT2D eigenvalue weighted by Gasteiger charge is 2.60. The second-order valence-corrected chi connectivity index (χ2v) is 24.9. The van der Waals surface area contributed by atoms with Gasteiger partial charge in [0.25, 0.3) is 0 Å². The van der Waals surface area contributed by atoms with E-state index in [-0.39, 0.29) is 133 Å². The Morgan fingerprint density at radius 3 is 1.07 bits per heavy atom. The first-order valence-corrected chi connectivity index (χ1v) is 28.6. The number of carbonyl (C=O) groups is 7. The molecule has 14 rings (SSSR count). The summed E-state index contributed by atoms with van der Waals surface area (Å²) in [5.41, 5.74) is 0. The maximum absolute atomic E-state index is 12.9. The van der Waals surface area contributed by atoms with Gasteiger partial charge in [-0.3, -0.25) is 33.6 Å². The third-order valence-corrected chi connectivity index (χ3v) is 20.6. The van der Waals surface area contributed by atoms with E-state index in [0.717, 1.165) is 83.5 Å². The highest BCUT2D eigenvalue weighted by atomic mass is 16.7. The average molecular weight is 1010 g/mol. The lowest BCUT2D eigenvalue weighted by molar-refractivity contribution is -0.174. The number of fused-ring (bicyclic) bond motifs is 16. The summed E-state index contributed by atoms with van der Waals surface area (Å²) in [6.45, 7) is 2.20. The molecule has 0 aromatic carbocycles. The molecule has 0 N–H and O–H groups in total. The van der Waals surface area contributed by atoms with Crippen LogP contribution in [0.25, 0.3) is 0 Å². The smallest absolute Gasteiger partial charge is 0.312 e. The van der Waals surface area contributed by atoms with Crippen molar-refractivity contribution in [2.45, 2.75) is 90.4 Å². The second kappa shape index (κ2) is 20.8. The molecule has 22 atom stereocenters. The number of ether oxygens (including phenoxy) is 5. The van der Waals surface area contributed by atoms with Crippen molar-refractivity contribution in [3.63, 3.8) is 0 Å². The van der Waals surface area contributed by atoms with E-state index in [9.17, 15) is 33.6 Å². The van der Waals surface area contributed by atoms with E-state index in [1.165, 1.54) is 0 Å². The van der Waals surface area contributed by atoms with E-state index in [0.29, 0.717) is 70.7 Å². The normalized spacial score (nSPS) is 43.5. The first kappa shape index (κ1) is 49.7. The lowest BCUT2D eigenvalue weighted by Gasteiger charge is -2.43. The van der Waals surface area contributed by atoms with Crippen molar-refractivity contribution < 1.29 is 57.2 Å². The fraction of sp³-hybridized carbons (Fsp3) is 0.661. The highest BCUT2D eigenvalue weighted by Crippen LogP contribution is 2.56. The molecular formula is C62H74O12. The van der Waals surface area contributed by atoms with Crippen LogP contribution in [0.15, 0.2) is 85.1 Å². The maximum atomic E-state index is 12.9. The number of Topliss-reactive ketones (excluding diaryl/α,β-unsaturated/α-hetero) is 2. The first-order valence-electron chi connectivity index (χ1n) is 28.6. The summed E-state index contributed by atoms with van der Waals surface area (Å²) in [5.74, 6) is 4.21. The van der Waals surface area contributed by atoms with Gasteiger partial charge in [-0.1, -0.05) is 92.0 Å². The number of esters is 5. The van der Waals surface area contributed by atoms with Crippen molar-refractivity contribution in [3.05, 3.63) is 85.1 Å². The molecule has 0 saturated heterocycles. The van der Waals surface area contributed by atoms with E-state index in [2.05, 4.69) is 92.0 Å². The fourth-order valence-corrected chi connectivity index (χ4v) is 16.8. The molecule has 22 unspecified atom stereocenters. The number of carbonyl (C=O) groups excluding carboxylic acids is 7. The monoisotopic (exact) mass is 1010 g/mol. The highest BCUT2D eigenvalue weighted by molar-refractivity contribution is 6.01. The van der Waals surface area contributed by atoms with Crippen molar-refractivity contribution in [3.8, 4) is 0 Å². The van der Waals surface area contributed by atoms with E-state index in [4.69, 9.17) is 23.7 Å². The molecular weight excluding hydrogens is 937 g/mol. The van der Waals surface area contributed by atoms with Gasteiger partial charge in [-0.15, -0.1) is 0 Å². The Morgan fingerprint density at radius 2 is 0.743 bits per heavy atom. The number of ketones is 2. The van der Waals surface area contributed by atoms with Crippen LogP contribution in [0.4, 0.5) is 0 Å². The molecule has 14 aliphatic rings. The Bertz CT molecular complexity index is 2310. The third kappa shape index (κ3) is 9.60. The summed E-state index contributed by atoms with van der Waals surface area (Å²) >= 11 is 0. The van der Waals surface area contributed by atoms with Crippen molar-refractivity contribution in [2.75, 3.05) is 26.6 Å². The average Bonchev–Trinajstić information content (AvgIpc) is 4.26. The summed E-state index contributed by atoms with van der Waals surface area (Å²) in [5, 5.41) is 0. The van der Waals surface area contributed by atoms with Gasteiger partial charge >= 0.3 is 29.8 Å². The third-order valence-electron chi connectivity index (χ3n) is 20.6. The van der Waals surface area contributed by atoms with Gasteiger partial charge in [0.05, 0.1) is 35.5 Å². The maximum Gasteiger partial charge on any atom is 0.312 e. The van der Waals surface area contributed by atoms with Crippen molar-refractivity contribution >= 4 is 41.4 Å². The van der Waals surface area contributed by atoms with Crippen LogP contribution in [-0.4, -0.2) is 68.0 Å². The topological polar surface area (TPSA) is 166 Å². The molecule has 14 aliphatic carbocycles. The Hall–Kier alpha value is -5.13. The summed E-state index contributed by atoms with van der Waals surface area (Å²) in [6, 6.07) is 0. The Kier molecular flexibility index (Phi) is 14.0. The van der Waals surface area contributed by atoms with Gasteiger partial charge in [-0.05, 0) is 160 Å². The number of hydrogen-bond acceptors (Lipinski definition) is 12. The van der Waals surface area contributed by atoms with Gasteiger partial charge in [0.1, 0.15) is 31.4 Å². The van der Waals surface area contributed by atoms with Gasteiger partial charge in [-0.2, -0.15) is 0 Å². The van der Waals surface area contributed by atoms with E-state index < -0.39 is 0 Å². The van der Waals surface area contributed by atoms with Crippen molar-refractivity contribution in [2.24, 2.45) is 136 Å². The summed E-state index contributed by atoms with van der Waals surface area (Å²) in [7, 11) is 0. The molecule has 12 heteroatoms. The molecule has 0 aliphatic heterocycles. The molecule has 7 saturated carbocycles. The van der Waals surface area contributed by atoms with Crippen LogP contribution in [0.3, 0.4) is 0 Å². The Labute approximate surface area is 435 Å². The number of allylic oxidation sites excluding steroid dienone is 14. The van der Waals surface area contributed by atoms with Crippen LogP contribution in [-0.2, 0) is 57.2 Å². The van der Waals surface area contributed by atoms with Gasteiger partial charge < -0.3 is 23.7 Å². The van der Waals surface area contributed by atoms with Gasteiger partial charge in [-0.25, -0.2) is 0 Å². The van der Waals surface area contributed by atoms with E-state index in [1.54, 1.807) is 0 Å². The van der Waals surface area contributed by atoms with E-state index >= 15 is 0 Å². The van der Waals surface area contributed by atoms with Crippen molar-refractivity contribution in [1.29, 1.82) is 0 Å². The Morgan fingerprint density at radius 1 is 0.405 bits per heavy atom. The molecule has 12 bridgehead atoms. The summed E-state index contributed by atoms with van der Waals surface area (Å²) in [6.07, 6.45) is 42.7. The molecule has 0 aromatic heterocycles. The van der Waals surface area contributed by atoms with E-state index in [1.807, 2.05) is 0 Å². The van der Waals surface area contributed by atoms with Gasteiger partial charge in [0.15, 0.2) is 0 Å². The molecule has 394 valence electrons. The second-order valence-electron chi connectivity index (χ2n) is 24.9. The molecule has 0 spiro atoms. The fourth-order valence-electron chi connectivity index (χ4n) is 16.8. The minimum atomic E-state index is -0.353. The zero-order valence-corrected chi connectivity index (χ0v) is 42.8. The number of hydrogen-bond donors (Lipinski definition) is 0. The lowest BCUT2D eigenvalue weighted by atomic mass is 9.58. The molecule has 12 nitrogen and oxygen atoms in total. The molecule has 7 fully saturated rings. The molecule has 0 aromatic rings. The first-order chi connectivity index (χ1) is 36.0. The minimum absolute atomic E-state index is 0.0171. The predicted octanol–water partition coefficient (Wildman–Crippen LogP) is 9.12.